The summed E-state index contributed by atoms with van der Waals surface area (Å²) in [6, 6.07) is 8.05. The monoisotopic (exact) mass is 166 g/mol. The molecule has 0 aliphatic heterocycles. The summed E-state index contributed by atoms with van der Waals surface area (Å²) < 4.78 is 0. The molecule has 0 heterocycles. The van der Waals surface area contributed by atoms with Crippen molar-refractivity contribution < 1.29 is 0 Å². The summed E-state index contributed by atoms with van der Waals surface area (Å²) in [6.45, 7) is 2.15. The molecule has 2 rings (SSSR count). The Morgan fingerprint density at radius 2 is 1.77 bits per heavy atom. The Hall–Kier alpha value is -1.24. The van der Waals surface area contributed by atoms with E-state index in [2.05, 4.69) is 31.2 Å². The van der Waals surface area contributed by atoms with Gasteiger partial charge in [0.1, 0.15) is 7.85 Å². The van der Waals surface area contributed by atoms with Crippen LogP contribution in [0.25, 0.3) is 5.57 Å². The van der Waals surface area contributed by atoms with Gasteiger partial charge in [0.15, 0.2) is 0 Å². The van der Waals surface area contributed by atoms with E-state index < -0.39 is 0 Å². The van der Waals surface area contributed by atoms with Crippen LogP contribution in [0.2, 0.25) is 0 Å². The van der Waals surface area contributed by atoms with Crippen LogP contribution >= 0.6 is 0 Å². The van der Waals surface area contributed by atoms with Gasteiger partial charge in [-0.15, -0.1) is 0 Å². The second-order valence-electron chi connectivity index (χ2n) is 3.50. The molecule has 0 spiro atoms. The molecule has 0 amide bonds. The lowest BCUT2D eigenvalue weighted by molar-refractivity contribution is 1.26. The maximum absolute atomic E-state index is 5.62. The molecule has 0 N–H and O–H groups in total. The average molecular weight is 166 g/mol. The summed E-state index contributed by atoms with van der Waals surface area (Å²) in [5.41, 5.74) is 4.92. The van der Waals surface area contributed by atoms with Crippen molar-refractivity contribution in [1.82, 2.24) is 0 Å². The van der Waals surface area contributed by atoms with Crippen LogP contribution in [0, 0.1) is 0 Å². The van der Waals surface area contributed by atoms with Gasteiger partial charge in [-0.05, 0) is 24.5 Å². The summed E-state index contributed by atoms with van der Waals surface area (Å²) in [7, 11) is 5.62. The first-order chi connectivity index (χ1) is 6.25. The highest BCUT2D eigenvalue weighted by molar-refractivity contribution is 6.32. The Labute approximate surface area is 80.4 Å². The van der Waals surface area contributed by atoms with Crippen LogP contribution < -0.4 is 5.46 Å². The van der Waals surface area contributed by atoms with Crippen molar-refractivity contribution in [3.8, 4) is 0 Å². The number of benzene rings is 1. The van der Waals surface area contributed by atoms with Crippen LogP contribution in [0.4, 0.5) is 0 Å². The van der Waals surface area contributed by atoms with Crippen LogP contribution in [0.3, 0.4) is 0 Å². The molecule has 1 aromatic rings. The van der Waals surface area contributed by atoms with Gasteiger partial charge in [-0.3, -0.25) is 0 Å². The van der Waals surface area contributed by atoms with Crippen molar-refractivity contribution in [2.24, 2.45) is 0 Å². The molecule has 1 heteroatoms. The van der Waals surface area contributed by atoms with E-state index in [-0.39, 0.29) is 0 Å². The third kappa shape index (κ3) is 1.75. The second kappa shape index (κ2) is 3.25. The Balaban J connectivity index is 2.24. The molecule has 0 aromatic heterocycles. The molecule has 0 nitrogen and oxygen atoms in total. The smallest absolute Gasteiger partial charge is 0.0966 e. The third-order valence-electron chi connectivity index (χ3n) is 2.32. The van der Waals surface area contributed by atoms with Crippen LogP contribution in [0.5, 0.6) is 0 Å². The maximum Gasteiger partial charge on any atom is 0.113 e. The van der Waals surface area contributed by atoms with Crippen molar-refractivity contribution in [3.05, 3.63) is 47.6 Å². The minimum atomic E-state index is 0.826. The van der Waals surface area contributed by atoms with Gasteiger partial charge in [0.25, 0.3) is 0 Å². The van der Waals surface area contributed by atoms with Gasteiger partial charge in [0.05, 0.1) is 0 Å². The van der Waals surface area contributed by atoms with Crippen LogP contribution in [0.1, 0.15) is 18.9 Å². The lowest BCUT2D eigenvalue weighted by Gasteiger charge is -2.03. The quantitative estimate of drug-likeness (QED) is 0.561. The Morgan fingerprint density at radius 1 is 1.08 bits per heavy atom. The van der Waals surface area contributed by atoms with Gasteiger partial charge >= 0.3 is 0 Å². The van der Waals surface area contributed by atoms with Crippen LogP contribution in [0.15, 0.2) is 42.0 Å². The minimum Gasteiger partial charge on any atom is -0.0966 e. The highest BCUT2D eigenvalue weighted by Crippen LogP contribution is 2.26. The average Bonchev–Trinajstić information content (AvgIpc) is 2.53. The van der Waals surface area contributed by atoms with Crippen molar-refractivity contribution in [3.63, 3.8) is 0 Å². The zero-order valence-electron chi connectivity index (χ0n) is 7.75. The zero-order chi connectivity index (χ0) is 9.26. The normalized spacial score (nSPS) is 15.5. The lowest BCUT2D eigenvalue weighted by atomic mass is 9.93. The van der Waals surface area contributed by atoms with Crippen LogP contribution in [-0.2, 0) is 0 Å². The van der Waals surface area contributed by atoms with E-state index in [1.807, 2.05) is 12.1 Å². The standard InChI is InChI=1S/C12H11B/c1-9-2-3-11(8-9)10-4-6-12(13)7-5-10/h2-7H,8H2,1H3. The first-order valence-electron chi connectivity index (χ1n) is 4.48. The van der Waals surface area contributed by atoms with E-state index >= 15 is 0 Å². The molecule has 1 aliphatic carbocycles. The van der Waals surface area contributed by atoms with Crippen molar-refractivity contribution in [2.45, 2.75) is 13.3 Å². The molecule has 62 valence electrons. The fraction of sp³-hybridized carbons (Fsp3) is 0.167. The zero-order valence-corrected chi connectivity index (χ0v) is 7.75. The van der Waals surface area contributed by atoms with E-state index in [4.69, 9.17) is 7.85 Å². The third-order valence-corrected chi connectivity index (χ3v) is 2.32. The topological polar surface area (TPSA) is 0 Å². The van der Waals surface area contributed by atoms with Crippen molar-refractivity contribution >= 4 is 18.9 Å². The summed E-state index contributed by atoms with van der Waals surface area (Å²) in [5.74, 6) is 0. The minimum absolute atomic E-state index is 0.826. The number of hydrogen-bond donors (Lipinski definition) is 0. The number of hydrogen-bond acceptors (Lipinski definition) is 0. The first kappa shape index (κ1) is 8.37. The molecule has 0 unspecified atom stereocenters. The number of allylic oxidation sites excluding steroid dienone is 4. The molecule has 1 aliphatic rings. The summed E-state index contributed by atoms with van der Waals surface area (Å²) >= 11 is 0. The Morgan fingerprint density at radius 3 is 2.31 bits per heavy atom. The molecule has 0 saturated carbocycles. The molecule has 0 fully saturated rings. The SMILES string of the molecule is [B]c1ccc(C2=CC=C(C)C2)cc1. The van der Waals surface area contributed by atoms with Gasteiger partial charge in [-0.2, -0.15) is 0 Å². The van der Waals surface area contributed by atoms with Gasteiger partial charge in [-0.1, -0.05) is 47.5 Å². The molecule has 0 saturated heterocycles. The Kier molecular flexibility index (Phi) is 2.09. The molecule has 0 atom stereocenters. The van der Waals surface area contributed by atoms with Crippen molar-refractivity contribution in [2.75, 3.05) is 0 Å². The molecule has 13 heavy (non-hydrogen) atoms. The second-order valence-corrected chi connectivity index (χ2v) is 3.50. The van der Waals surface area contributed by atoms with Gasteiger partial charge in [-0.25, -0.2) is 0 Å². The summed E-state index contributed by atoms with van der Waals surface area (Å²) in [4.78, 5) is 0. The van der Waals surface area contributed by atoms with E-state index in [0.717, 1.165) is 11.9 Å². The fourth-order valence-electron chi connectivity index (χ4n) is 1.56. The predicted molar refractivity (Wildman–Crippen MR) is 58.2 cm³/mol. The molecular weight excluding hydrogens is 155 g/mol. The largest absolute Gasteiger partial charge is 0.113 e. The van der Waals surface area contributed by atoms with Crippen molar-refractivity contribution in [1.29, 1.82) is 0 Å². The van der Waals surface area contributed by atoms with Gasteiger partial charge in [0.2, 0.25) is 0 Å². The van der Waals surface area contributed by atoms with E-state index in [0.29, 0.717) is 0 Å². The van der Waals surface area contributed by atoms with E-state index in [1.54, 1.807) is 0 Å². The highest BCUT2D eigenvalue weighted by atomic mass is 14.1. The summed E-state index contributed by atoms with van der Waals surface area (Å²) in [5, 5.41) is 0. The number of rotatable bonds is 1. The molecule has 1 aromatic carbocycles. The van der Waals surface area contributed by atoms with Gasteiger partial charge < -0.3 is 0 Å². The predicted octanol–water partition coefficient (Wildman–Crippen LogP) is 2.21. The van der Waals surface area contributed by atoms with Gasteiger partial charge in [0, 0.05) is 0 Å². The van der Waals surface area contributed by atoms with E-state index in [1.165, 1.54) is 16.7 Å². The first-order valence-corrected chi connectivity index (χ1v) is 4.48. The van der Waals surface area contributed by atoms with E-state index in [9.17, 15) is 0 Å². The lowest BCUT2D eigenvalue weighted by Crippen LogP contribution is -1.99. The molecule has 0 bridgehead atoms. The Bertz CT molecular complexity index is 369. The highest BCUT2D eigenvalue weighted by Gasteiger charge is 2.05. The van der Waals surface area contributed by atoms with Crippen LogP contribution in [-0.4, -0.2) is 7.85 Å². The molecule has 2 radical (unpaired) electrons. The fourth-order valence-corrected chi connectivity index (χ4v) is 1.56. The maximum atomic E-state index is 5.62. The summed E-state index contributed by atoms with van der Waals surface area (Å²) in [6.07, 6.45) is 5.43. The molecular formula is C12H11B.